The molecule has 1 fully saturated rings. The molecule has 1 heterocycles. The summed E-state index contributed by atoms with van der Waals surface area (Å²) >= 11 is 0. The van der Waals surface area contributed by atoms with E-state index in [2.05, 4.69) is 31.2 Å². The van der Waals surface area contributed by atoms with Gasteiger partial charge in [-0.05, 0) is 19.9 Å². The second-order valence-electron chi connectivity index (χ2n) is 4.21. The van der Waals surface area contributed by atoms with Gasteiger partial charge in [-0.25, -0.2) is 0 Å². The van der Waals surface area contributed by atoms with Crippen LogP contribution in [0.1, 0.15) is 24.0 Å². The Morgan fingerprint density at radius 1 is 1.19 bits per heavy atom. The molecule has 1 aromatic carbocycles. The summed E-state index contributed by atoms with van der Waals surface area (Å²) in [5.74, 6) is -0.549. The largest absolute Gasteiger partial charge is 0.343 e. The predicted molar refractivity (Wildman–Crippen MR) is 63.0 cm³/mol. The molecule has 1 aromatic rings. The summed E-state index contributed by atoms with van der Waals surface area (Å²) in [6.45, 7) is 4.07. The Morgan fingerprint density at radius 2 is 1.81 bits per heavy atom. The minimum absolute atomic E-state index is 0.549. The van der Waals surface area contributed by atoms with Crippen molar-refractivity contribution in [2.75, 3.05) is 19.8 Å². The first-order valence-electron chi connectivity index (χ1n) is 5.82. The highest BCUT2D eigenvalue weighted by Crippen LogP contribution is 2.35. The van der Waals surface area contributed by atoms with Gasteiger partial charge in [0, 0.05) is 12.0 Å². The highest BCUT2D eigenvalue weighted by atomic mass is 16.7. The zero-order valence-corrected chi connectivity index (χ0v) is 9.74. The predicted octanol–water partition coefficient (Wildman–Crippen LogP) is 1.93. The summed E-state index contributed by atoms with van der Waals surface area (Å²) in [6.07, 6.45) is 1.74. The number of rotatable bonds is 4. The third kappa shape index (κ3) is 2.26. The van der Waals surface area contributed by atoms with Crippen molar-refractivity contribution in [1.82, 2.24) is 0 Å². The first-order chi connectivity index (χ1) is 7.77. The maximum atomic E-state index is 5.79. The van der Waals surface area contributed by atoms with Crippen LogP contribution in [0.25, 0.3) is 0 Å². The number of ether oxygens (including phenoxy) is 2. The Kier molecular flexibility index (Phi) is 3.59. The van der Waals surface area contributed by atoms with E-state index in [1.165, 1.54) is 5.56 Å². The van der Waals surface area contributed by atoms with Gasteiger partial charge in [-0.1, -0.05) is 29.8 Å². The van der Waals surface area contributed by atoms with E-state index < -0.39 is 5.79 Å². The molecule has 2 rings (SSSR count). The molecular formula is C13H19NO2. The van der Waals surface area contributed by atoms with Crippen molar-refractivity contribution in [3.05, 3.63) is 35.4 Å². The molecule has 0 saturated carbocycles. The van der Waals surface area contributed by atoms with Crippen molar-refractivity contribution in [2.45, 2.75) is 25.6 Å². The number of hydrogen-bond acceptors (Lipinski definition) is 3. The van der Waals surface area contributed by atoms with E-state index in [1.807, 2.05) is 0 Å². The highest BCUT2D eigenvalue weighted by Gasteiger charge is 2.37. The van der Waals surface area contributed by atoms with Crippen molar-refractivity contribution >= 4 is 0 Å². The summed E-state index contributed by atoms with van der Waals surface area (Å²) in [4.78, 5) is 0. The second kappa shape index (κ2) is 4.95. The van der Waals surface area contributed by atoms with E-state index in [1.54, 1.807) is 0 Å². The van der Waals surface area contributed by atoms with Crippen molar-refractivity contribution in [3.63, 3.8) is 0 Å². The van der Waals surface area contributed by atoms with Crippen LogP contribution >= 0.6 is 0 Å². The van der Waals surface area contributed by atoms with E-state index in [9.17, 15) is 0 Å². The molecule has 3 nitrogen and oxygen atoms in total. The van der Waals surface area contributed by atoms with E-state index in [-0.39, 0.29) is 0 Å². The first-order valence-corrected chi connectivity index (χ1v) is 5.82. The molecule has 0 amide bonds. The van der Waals surface area contributed by atoms with Crippen LogP contribution in [0.2, 0.25) is 0 Å². The molecule has 0 aliphatic carbocycles. The van der Waals surface area contributed by atoms with Gasteiger partial charge in [-0.2, -0.15) is 0 Å². The Balaban J connectivity index is 2.21. The lowest BCUT2D eigenvalue weighted by atomic mass is 9.99. The highest BCUT2D eigenvalue weighted by molar-refractivity contribution is 5.25. The molecule has 1 aliphatic heterocycles. The van der Waals surface area contributed by atoms with Gasteiger partial charge in [0.1, 0.15) is 0 Å². The van der Waals surface area contributed by atoms with Crippen LogP contribution in [0.15, 0.2) is 24.3 Å². The van der Waals surface area contributed by atoms with Gasteiger partial charge in [-0.15, -0.1) is 0 Å². The lowest BCUT2D eigenvalue weighted by Gasteiger charge is -2.27. The fraction of sp³-hybridized carbons (Fsp3) is 0.538. The van der Waals surface area contributed by atoms with Crippen LogP contribution in [0.3, 0.4) is 0 Å². The lowest BCUT2D eigenvalue weighted by Crippen LogP contribution is -2.28. The Labute approximate surface area is 96.5 Å². The minimum atomic E-state index is -0.549. The standard InChI is InChI=1S/C13H19NO2/c1-11-3-5-12(6-4-11)13(7-2-8-14)15-9-10-16-13/h3-6H,2,7-10,14H2,1H3. The molecule has 1 saturated heterocycles. The van der Waals surface area contributed by atoms with Gasteiger partial charge >= 0.3 is 0 Å². The molecule has 3 heteroatoms. The summed E-state index contributed by atoms with van der Waals surface area (Å²) in [6, 6.07) is 8.34. The zero-order chi connectivity index (χ0) is 11.4. The molecule has 1 aliphatic rings. The fourth-order valence-corrected chi connectivity index (χ4v) is 2.05. The number of benzene rings is 1. The van der Waals surface area contributed by atoms with Crippen LogP contribution in [0.4, 0.5) is 0 Å². The van der Waals surface area contributed by atoms with Crippen LogP contribution in [0, 0.1) is 6.92 Å². The van der Waals surface area contributed by atoms with Gasteiger partial charge in [0.2, 0.25) is 0 Å². The molecule has 0 bridgehead atoms. The van der Waals surface area contributed by atoms with Gasteiger partial charge in [0.15, 0.2) is 5.79 Å². The second-order valence-corrected chi connectivity index (χ2v) is 4.21. The first kappa shape index (κ1) is 11.6. The van der Waals surface area contributed by atoms with Crippen LogP contribution in [0.5, 0.6) is 0 Å². The van der Waals surface area contributed by atoms with E-state index in [0.29, 0.717) is 19.8 Å². The summed E-state index contributed by atoms with van der Waals surface area (Å²) in [5, 5.41) is 0. The van der Waals surface area contributed by atoms with E-state index in [0.717, 1.165) is 18.4 Å². The number of hydrogen-bond donors (Lipinski definition) is 1. The van der Waals surface area contributed by atoms with Gasteiger partial charge in [0.05, 0.1) is 13.2 Å². The fourth-order valence-electron chi connectivity index (χ4n) is 2.05. The molecule has 88 valence electrons. The Morgan fingerprint density at radius 3 is 2.38 bits per heavy atom. The van der Waals surface area contributed by atoms with Crippen molar-refractivity contribution < 1.29 is 9.47 Å². The lowest BCUT2D eigenvalue weighted by molar-refractivity contribution is -0.171. The van der Waals surface area contributed by atoms with Gasteiger partial charge in [-0.3, -0.25) is 0 Å². The molecule has 0 spiro atoms. The molecule has 0 atom stereocenters. The third-order valence-electron chi connectivity index (χ3n) is 2.96. The van der Waals surface area contributed by atoms with Crippen LogP contribution < -0.4 is 5.73 Å². The Bertz CT molecular complexity index is 328. The number of aryl methyl sites for hydroxylation is 1. The molecule has 0 radical (unpaired) electrons. The maximum Gasteiger partial charge on any atom is 0.195 e. The average molecular weight is 221 g/mol. The third-order valence-corrected chi connectivity index (χ3v) is 2.96. The minimum Gasteiger partial charge on any atom is -0.343 e. The SMILES string of the molecule is Cc1ccc(C2(CCCN)OCCO2)cc1. The number of nitrogens with two attached hydrogens (primary N) is 1. The maximum absolute atomic E-state index is 5.79. The molecule has 2 N–H and O–H groups in total. The molecule has 0 aromatic heterocycles. The smallest absolute Gasteiger partial charge is 0.195 e. The molecule has 0 unspecified atom stereocenters. The van der Waals surface area contributed by atoms with Crippen molar-refractivity contribution in [3.8, 4) is 0 Å². The van der Waals surface area contributed by atoms with Gasteiger partial charge in [0.25, 0.3) is 0 Å². The topological polar surface area (TPSA) is 44.5 Å². The normalized spacial score (nSPS) is 18.9. The van der Waals surface area contributed by atoms with Crippen molar-refractivity contribution in [2.24, 2.45) is 5.73 Å². The average Bonchev–Trinajstić information content (AvgIpc) is 2.77. The summed E-state index contributed by atoms with van der Waals surface area (Å²) in [5.41, 5.74) is 7.90. The monoisotopic (exact) mass is 221 g/mol. The van der Waals surface area contributed by atoms with E-state index >= 15 is 0 Å². The zero-order valence-electron chi connectivity index (χ0n) is 9.74. The summed E-state index contributed by atoms with van der Waals surface area (Å²) < 4.78 is 11.6. The molecular weight excluding hydrogens is 202 g/mol. The Hall–Kier alpha value is -0.900. The van der Waals surface area contributed by atoms with E-state index in [4.69, 9.17) is 15.2 Å². The quantitative estimate of drug-likeness (QED) is 0.845. The summed E-state index contributed by atoms with van der Waals surface area (Å²) in [7, 11) is 0. The molecule has 16 heavy (non-hydrogen) atoms. The van der Waals surface area contributed by atoms with Crippen molar-refractivity contribution in [1.29, 1.82) is 0 Å². The van der Waals surface area contributed by atoms with Crippen LogP contribution in [-0.4, -0.2) is 19.8 Å². The van der Waals surface area contributed by atoms with Crippen LogP contribution in [-0.2, 0) is 15.3 Å². The van der Waals surface area contributed by atoms with Gasteiger partial charge < -0.3 is 15.2 Å².